The first-order chi connectivity index (χ1) is 8.75. The molecular formula is C13H18N2O3. The van der Waals surface area contributed by atoms with Crippen LogP contribution < -0.4 is 5.32 Å². The molecule has 0 bridgehead atoms. The van der Waals surface area contributed by atoms with Crippen molar-refractivity contribution in [2.45, 2.75) is 19.4 Å². The molecule has 0 spiro atoms. The van der Waals surface area contributed by atoms with Gasteiger partial charge in [0.15, 0.2) is 0 Å². The van der Waals surface area contributed by atoms with Gasteiger partial charge in [-0.05, 0) is 30.9 Å². The van der Waals surface area contributed by atoms with Crippen molar-refractivity contribution in [2.24, 2.45) is 5.92 Å². The molecular weight excluding hydrogens is 232 g/mol. The Labute approximate surface area is 106 Å². The third-order valence-corrected chi connectivity index (χ3v) is 3.14. The molecule has 0 radical (unpaired) electrons. The molecule has 1 aromatic carbocycles. The van der Waals surface area contributed by atoms with Gasteiger partial charge in [0.05, 0.1) is 18.1 Å². The average molecular weight is 250 g/mol. The smallest absolute Gasteiger partial charge is 0.269 e. The summed E-state index contributed by atoms with van der Waals surface area (Å²) in [6.45, 7) is 3.27. The fraction of sp³-hybridized carbons (Fsp3) is 0.538. The number of nitro benzene ring substituents is 1. The Bertz CT molecular complexity index is 403. The number of nitrogens with one attached hydrogen (secondary N) is 1. The van der Waals surface area contributed by atoms with Crippen molar-refractivity contribution in [3.05, 3.63) is 39.9 Å². The van der Waals surface area contributed by atoms with Crippen LogP contribution in [0.15, 0.2) is 24.3 Å². The summed E-state index contributed by atoms with van der Waals surface area (Å²) in [5.41, 5.74) is 0.975. The molecule has 1 atom stereocenters. The maximum Gasteiger partial charge on any atom is 0.269 e. The van der Waals surface area contributed by atoms with Crippen LogP contribution in [0, 0.1) is 16.0 Å². The summed E-state index contributed by atoms with van der Waals surface area (Å²) in [4.78, 5) is 10.3. The molecule has 1 aliphatic heterocycles. The topological polar surface area (TPSA) is 64.4 Å². The molecule has 1 fully saturated rings. The highest BCUT2D eigenvalue weighted by Gasteiger charge is 2.13. The van der Waals surface area contributed by atoms with Crippen LogP contribution >= 0.6 is 0 Å². The number of piperidine rings is 1. The fourth-order valence-electron chi connectivity index (χ4n) is 2.17. The quantitative estimate of drug-likeness (QED) is 0.642. The van der Waals surface area contributed by atoms with Gasteiger partial charge in [0.25, 0.3) is 5.69 Å². The van der Waals surface area contributed by atoms with Crippen molar-refractivity contribution < 1.29 is 9.66 Å². The molecule has 98 valence electrons. The molecule has 0 unspecified atom stereocenters. The van der Waals surface area contributed by atoms with E-state index < -0.39 is 0 Å². The minimum Gasteiger partial charge on any atom is -0.376 e. The number of nitrogens with zero attached hydrogens (tertiary/aromatic N) is 1. The van der Waals surface area contributed by atoms with Crippen molar-refractivity contribution in [2.75, 3.05) is 19.7 Å². The lowest BCUT2D eigenvalue weighted by molar-refractivity contribution is -0.384. The van der Waals surface area contributed by atoms with Crippen molar-refractivity contribution in [1.29, 1.82) is 0 Å². The third kappa shape index (κ3) is 3.78. The van der Waals surface area contributed by atoms with E-state index in [9.17, 15) is 10.1 Å². The number of ether oxygens (including phenoxy) is 1. The van der Waals surface area contributed by atoms with E-state index in [-0.39, 0.29) is 10.6 Å². The fourth-order valence-corrected chi connectivity index (χ4v) is 2.17. The molecule has 5 nitrogen and oxygen atoms in total. The Morgan fingerprint density at radius 3 is 3.11 bits per heavy atom. The summed E-state index contributed by atoms with van der Waals surface area (Å²) in [7, 11) is 0. The molecule has 0 aliphatic carbocycles. The molecule has 1 saturated heterocycles. The zero-order valence-corrected chi connectivity index (χ0v) is 10.3. The van der Waals surface area contributed by atoms with E-state index in [0.29, 0.717) is 12.5 Å². The SMILES string of the molecule is O=[N+]([O-])c1cccc(COC[C@@H]2CCCNC2)c1. The van der Waals surface area contributed by atoms with E-state index in [1.807, 2.05) is 6.07 Å². The zero-order chi connectivity index (χ0) is 12.8. The van der Waals surface area contributed by atoms with Gasteiger partial charge in [-0.15, -0.1) is 0 Å². The summed E-state index contributed by atoms with van der Waals surface area (Å²) >= 11 is 0. The predicted octanol–water partition coefficient (Wildman–Crippen LogP) is 2.11. The maximum atomic E-state index is 10.6. The first kappa shape index (κ1) is 13.0. The monoisotopic (exact) mass is 250 g/mol. The Hall–Kier alpha value is -1.46. The van der Waals surface area contributed by atoms with Gasteiger partial charge >= 0.3 is 0 Å². The molecule has 0 saturated carbocycles. The first-order valence-electron chi connectivity index (χ1n) is 6.27. The normalized spacial score (nSPS) is 19.7. The highest BCUT2D eigenvalue weighted by molar-refractivity contribution is 5.33. The van der Waals surface area contributed by atoms with E-state index in [1.165, 1.54) is 18.9 Å². The van der Waals surface area contributed by atoms with Gasteiger partial charge in [0.2, 0.25) is 0 Å². The number of hydrogen-bond donors (Lipinski definition) is 1. The Morgan fingerprint density at radius 1 is 1.50 bits per heavy atom. The van der Waals surface area contributed by atoms with E-state index in [2.05, 4.69) is 5.32 Å². The number of rotatable bonds is 5. The van der Waals surface area contributed by atoms with Crippen LogP contribution in [0.2, 0.25) is 0 Å². The lowest BCUT2D eigenvalue weighted by Gasteiger charge is -2.22. The van der Waals surface area contributed by atoms with Crippen LogP contribution in [0.5, 0.6) is 0 Å². The average Bonchev–Trinajstić information content (AvgIpc) is 2.40. The minimum atomic E-state index is -0.380. The number of nitro groups is 1. The lowest BCUT2D eigenvalue weighted by Crippen LogP contribution is -2.32. The Kier molecular flexibility index (Phi) is 4.66. The van der Waals surface area contributed by atoms with Gasteiger partial charge in [-0.3, -0.25) is 10.1 Å². The molecule has 2 rings (SSSR count). The second-order valence-corrected chi connectivity index (χ2v) is 4.65. The highest BCUT2D eigenvalue weighted by atomic mass is 16.6. The summed E-state index contributed by atoms with van der Waals surface area (Å²) in [5.74, 6) is 0.567. The van der Waals surface area contributed by atoms with Crippen LogP contribution in [0.4, 0.5) is 5.69 Å². The van der Waals surface area contributed by atoms with Crippen LogP contribution in [0.3, 0.4) is 0 Å². The number of hydrogen-bond acceptors (Lipinski definition) is 4. The molecule has 1 aliphatic rings. The molecule has 1 aromatic rings. The van der Waals surface area contributed by atoms with E-state index in [1.54, 1.807) is 12.1 Å². The van der Waals surface area contributed by atoms with Crippen LogP contribution in [0.25, 0.3) is 0 Å². The molecule has 1 N–H and O–H groups in total. The van der Waals surface area contributed by atoms with Crippen molar-refractivity contribution >= 4 is 5.69 Å². The van der Waals surface area contributed by atoms with Crippen molar-refractivity contribution in [1.82, 2.24) is 5.32 Å². The van der Waals surface area contributed by atoms with E-state index >= 15 is 0 Å². The standard InChI is InChI=1S/C13H18N2O3/c16-15(17)13-5-1-3-11(7-13)9-18-10-12-4-2-6-14-8-12/h1,3,5,7,12,14H,2,4,6,8-10H2/t12-/m1/s1. The maximum absolute atomic E-state index is 10.6. The molecule has 0 amide bonds. The largest absolute Gasteiger partial charge is 0.376 e. The van der Waals surface area contributed by atoms with Gasteiger partial charge in [0.1, 0.15) is 0 Å². The predicted molar refractivity (Wildman–Crippen MR) is 68.3 cm³/mol. The zero-order valence-electron chi connectivity index (χ0n) is 10.3. The Morgan fingerprint density at radius 2 is 2.39 bits per heavy atom. The second-order valence-electron chi connectivity index (χ2n) is 4.65. The van der Waals surface area contributed by atoms with Gasteiger partial charge in [-0.25, -0.2) is 0 Å². The summed E-state index contributed by atoms with van der Waals surface area (Å²) in [5, 5.41) is 14.0. The van der Waals surface area contributed by atoms with Crippen LogP contribution in [-0.4, -0.2) is 24.6 Å². The van der Waals surface area contributed by atoms with Crippen LogP contribution in [0.1, 0.15) is 18.4 Å². The van der Waals surface area contributed by atoms with Crippen LogP contribution in [-0.2, 0) is 11.3 Å². The van der Waals surface area contributed by atoms with Gasteiger partial charge in [-0.1, -0.05) is 12.1 Å². The Balaban J connectivity index is 1.78. The molecule has 5 heteroatoms. The van der Waals surface area contributed by atoms with Gasteiger partial charge in [-0.2, -0.15) is 0 Å². The highest BCUT2D eigenvalue weighted by Crippen LogP contribution is 2.15. The summed E-state index contributed by atoms with van der Waals surface area (Å²) < 4.78 is 5.63. The first-order valence-corrected chi connectivity index (χ1v) is 6.27. The molecule has 0 aromatic heterocycles. The van der Waals surface area contributed by atoms with E-state index in [4.69, 9.17) is 4.74 Å². The third-order valence-electron chi connectivity index (χ3n) is 3.14. The number of non-ortho nitro benzene ring substituents is 1. The lowest BCUT2D eigenvalue weighted by atomic mass is 10.0. The van der Waals surface area contributed by atoms with Crippen molar-refractivity contribution in [3.8, 4) is 0 Å². The summed E-state index contributed by atoms with van der Waals surface area (Å²) in [6.07, 6.45) is 2.40. The molecule has 1 heterocycles. The summed E-state index contributed by atoms with van der Waals surface area (Å²) in [6, 6.07) is 6.61. The van der Waals surface area contributed by atoms with Gasteiger partial charge in [0, 0.05) is 18.7 Å². The van der Waals surface area contributed by atoms with Gasteiger partial charge < -0.3 is 10.1 Å². The van der Waals surface area contributed by atoms with E-state index in [0.717, 1.165) is 25.3 Å². The second kappa shape index (κ2) is 6.47. The number of benzene rings is 1. The minimum absolute atomic E-state index is 0.121. The van der Waals surface area contributed by atoms with Crippen molar-refractivity contribution in [3.63, 3.8) is 0 Å². The molecule has 18 heavy (non-hydrogen) atoms.